The summed E-state index contributed by atoms with van der Waals surface area (Å²) in [5.41, 5.74) is 7.41. The topological polar surface area (TPSA) is 18.5 Å². The van der Waals surface area contributed by atoms with E-state index >= 15 is 0 Å². The molecule has 3 aromatic carbocycles. The van der Waals surface area contributed by atoms with Gasteiger partial charge < -0.3 is 9.47 Å². The molecule has 0 bridgehead atoms. The smallest absolute Gasteiger partial charge is 0.127 e. The zero-order valence-corrected chi connectivity index (χ0v) is 22.2. The SMILES string of the molecule is C=C1CCC2C(C1)c1c(OCc3ccc(-c4ccccc4)cc3)cc(CCCCC)cc1OC2(C)C. The van der Waals surface area contributed by atoms with Crippen molar-refractivity contribution in [1.82, 2.24) is 0 Å². The quantitative estimate of drug-likeness (QED) is 0.236. The molecule has 0 N–H and O–H groups in total. The molecule has 2 heteroatoms. The number of benzene rings is 3. The van der Waals surface area contributed by atoms with Gasteiger partial charge >= 0.3 is 0 Å². The lowest BCUT2D eigenvalue weighted by Gasteiger charge is -2.48. The van der Waals surface area contributed by atoms with Gasteiger partial charge in [0, 0.05) is 17.4 Å². The van der Waals surface area contributed by atoms with Gasteiger partial charge in [-0.2, -0.15) is 0 Å². The van der Waals surface area contributed by atoms with Crippen molar-refractivity contribution in [2.45, 2.75) is 83.8 Å². The van der Waals surface area contributed by atoms with Crippen LogP contribution in [-0.4, -0.2) is 5.60 Å². The van der Waals surface area contributed by atoms with Crippen molar-refractivity contribution in [3.8, 4) is 22.6 Å². The molecule has 0 aromatic heterocycles. The fourth-order valence-corrected chi connectivity index (χ4v) is 6.14. The highest BCUT2D eigenvalue weighted by molar-refractivity contribution is 5.63. The molecule has 2 atom stereocenters. The molecule has 0 saturated heterocycles. The molecule has 0 radical (unpaired) electrons. The zero-order valence-electron chi connectivity index (χ0n) is 22.2. The molecule has 0 amide bonds. The Balaban J connectivity index is 1.43. The Hall–Kier alpha value is -3.00. The number of hydrogen-bond donors (Lipinski definition) is 0. The van der Waals surface area contributed by atoms with Crippen LogP contribution in [0.5, 0.6) is 11.5 Å². The lowest BCUT2D eigenvalue weighted by atomic mass is 9.65. The van der Waals surface area contributed by atoms with Gasteiger partial charge in [-0.3, -0.25) is 0 Å². The van der Waals surface area contributed by atoms with E-state index in [2.05, 4.69) is 94.1 Å². The van der Waals surface area contributed by atoms with Gasteiger partial charge in [0.15, 0.2) is 0 Å². The Morgan fingerprint density at radius 1 is 0.944 bits per heavy atom. The maximum atomic E-state index is 6.72. The first kappa shape index (κ1) is 24.7. The van der Waals surface area contributed by atoms with Crippen molar-refractivity contribution >= 4 is 0 Å². The van der Waals surface area contributed by atoms with Crippen LogP contribution in [0.4, 0.5) is 0 Å². The summed E-state index contributed by atoms with van der Waals surface area (Å²) in [6.07, 6.45) is 8.00. The summed E-state index contributed by atoms with van der Waals surface area (Å²) in [6, 6.07) is 23.9. The van der Waals surface area contributed by atoms with E-state index < -0.39 is 0 Å². The fourth-order valence-electron chi connectivity index (χ4n) is 6.14. The van der Waals surface area contributed by atoms with Crippen LogP contribution in [-0.2, 0) is 13.0 Å². The highest BCUT2D eigenvalue weighted by atomic mass is 16.5. The van der Waals surface area contributed by atoms with E-state index in [0.29, 0.717) is 18.4 Å². The minimum atomic E-state index is -0.176. The first-order valence-electron chi connectivity index (χ1n) is 13.7. The van der Waals surface area contributed by atoms with E-state index in [-0.39, 0.29) is 5.60 Å². The Morgan fingerprint density at radius 2 is 1.69 bits per heavy atom. The summed E-state index contributed by atoms with van der Waals surface area (Å²) in [5.74, 6) is 2.92. The van der Waals surface area contributed by atoms with Gasteiger partial charge in [-0.15, -0.1) is 0 Å². The third kappa shape index (κ3) is 5.24. The van der Waals surface area contributed by atoms with Gasteiger partial charge in [0.2, 0.25) is 0 Å². The van der Waals surface area contributed by atoms with Crippen LogP contribution >= 0.6 is 0 Å². The van der Waals surface area contributed by atoms with Gasteiger partial charge in [0.25, 0.3) is 0 Å². The van der Waals surface area contributed by atoms with Crippen LogP contribution in [0.15, 0.2) is 78.9 Å². The lowest BCUT2D eigenvalue weighted by molar-refractivity contribution is -0.00121. The molecular formula is C34H40O2. The molecule has 1 fully saturated rings. The van der Waals surface area contributed by atoms with Crippen molar-refractivity contribution in [2.75, 3.05) is 0 Å². The maximum Gasteiger partial charge on any atom is 0.127 e. The van der Waals surface area contributed by atoms with E-state index in [4.69, 9.17) is 9.47 Å². The molecule has 2 nitrogen and oxygen atoms in total. The molecular weight excluding hydrogens is 440 g/mol. The second kappa shape index (κ2) is 10.5. The number of fused-ring (bicyclic) bond motifs is 3. The first-order chi connectivity index (χ1) is 17.4. The maximum absolute atomic E-state index is 6.72. The van der Waals surface area contributed by atoms with Crippen molar-refractivity contribution in [2.24, 2.45) is 5.92 Å². The molecule has 1 heterocycles. The van der Waals surface area contributed by atoms with Gasteiger partial charge in [0.1, 0.15) is 23.7 Å². The molecule has 5 rings (SSSR count). The minimum absolute atomic E-state index is 0.176. The Kier molecular flexibility index (Phi) is 7.23. The molecule has 1 aliphatic carbocycles. The van der Waals surface area contributed by atoms with Crippen LogP contribution in [0.1, 0.15) is 81.9 Å². The number of hydrogen-bond acceptors (Lipinski definition) is 2. The molecule has 2 unspecified atom stereocenters. The van der Waals surface area contributed by atoms with Crippen LogP contribution in [0.25, 0.3) is 11.1 Å². The van der Waals surface area contributed by atoms with Gasteiger partial charge in [-0.05, 0) is 80.3 Å². The van der Waals surface area contributed by atoms with Crippen LogP contribution in [0, 0.1) is 5.92 Å². The molecule has 36 heavy (non-hydrogen) atoms. The van der Waals surface area contributed by atoms with Gasteiger partial charge in [0.05, 0.1) is 0 Å². The van der Waals surface area contributed by atoms with Gasteiger partial charge in [-0.25, -0.2) is 0 Å². The van der Waals surface area contributed by atoms with Crippen LogP contribution < -0.4 is 9.47 Å². The molecule has 2 aliphatic rings. The molecule has 0 spiro atoms. The number of ether oxygens (including phenoxy) is 2. The lowest BCUT2D eigenvalue weighted by Crippen LogP contribution is -2.46. The number of unbranched alkanes of at least 4 members (excludes halogenated alkanes) is 2. The minimum Gasteiger partial charge on any atom is -0.488 e. The normalized spacial score (nSPS) is 20.2. The Morgan fingerprint density at radius 3 is 2.44 bits per heavy atom. The third-order valence-corrected chi connectivity index (χ3v) is 8.13. The second-order valence-corrected chi connectivity index (χ2v) is 11.2. The van der Waals surface area contributed by atoms with Crippen molar-refractivity contribution in [1.29, 1.82) is 0 Å². The monoisotopic (exact) mass is 480 g/mol. The third-order valence-electron chi connectivity index (χ3n) is 8.13. The summed E-state index contributed by atoms with van der Waals surface area (Å²) in [7, 11) is 0. The second-order valence-electron chi connectivity index (χ2n) is 11.2. The molecule has 1 aliphatic heterocycles. The highest BCUT2D eigenvalue weighted by Crippen LogP contribution is 2.55. The summed E-state index contributed by atoms with van der Waals surface area (Å²) in [4.78, 5) is 0. The van der Waals surface area contributed by atoms with E-state index in [1.807, 2.05) is 0 Å². The largest absolute Gasteiger partial charge is 0.488 e. The van der Waals surface area contributed by atoms with Crippen LogP contribution in [0.3, 0.4) is 0 Å². The first-order valence-corrected chi connectivity index (χ1v) is 13.7. The van der Waals surface area contributed by atoms with E-state index in [9.17, 15) is 0 Å². The number of allylic oxidation sites excluding steroid dienone is 1. The summed E-state index contributed by atoms with van der Waals surface area (Å²) >= 11 is 0. The predicted octanol–water partition coefficient (Wildman–Crippen LogP) is 9.28. The fraction of sp³-hybridized carbons (Fsp3) is 0.412. The highest BCUT2D eigenvalue weighted by Gasteiger charge is 2.46. The predicted molar refractivity (Wildman–Crippen MR) is 150 cm³/mol. The molecule has 1 saturated carbocycles. The summed E-state index contributed by atoms with van der Waals surface area (Å²) in [6.45, 7) is 11.7. The number of rotatable bonds is 8. The molecule has 188 valence electrons. The van der Waals surface area contributed by atoms with Crippen molar-refractivity contribution in [3.05, 3.63) is 95.6 Å². The van der Waals surface area contributed by atoms with Crippen molar-refractivity contribution < 1.29 is 9.47 Å². The standard InChI is InChI=1S/C34H40O2/c1-5-6-8-11-26-21-31(35-23-25-15-17-28(18-16-25)27-12-9-7-10-13-27)33-29-20-24(2)14-19-30(29)34(3,4)36-32(33)22-26/h7,9-10,12-13,15-18,21-22,29-30H,2,5-6,8,11,14,19-20,23H2,1,3-4H3. The van der Waals surface area contributed by atoms with Crippen molar-refractivity contribution in [3.63, 3.8) is 0 Å². The Bertz CT molecular complexity index is 1190. The Labute approximate surface area is 217 Å². The van der Waals surface area contributed by atoms with Gasteiger partial charge in [-0.1, -0.05) is 86.5 Å². The van der Waals surface area contributed by atoms with Crippen LogP contribution in [0.2, 0.25) is 0 Å². The average molecular weight is 481 g/mol. The summed E-state index contributed by atoms with van der Waals surface area (Å²) < 4.78 is 13.3. The molecule has 3 aromatic rings. The van der Waals surface area contributed by atoms with E-state index in [1.165, 1.54) is 52.7 Å². The number of aryl methyl sites for hydroxylation is 1. The van der Waals surface area contributed by atoms with E-state index in [0.717, 1.165) is 37.2 Å². The summed E-state index contributed by atoms with van der Waals surface area (Å²) in [5, 5.41) is 0. The zero-order chi connectivity index (χ0) is 25.1. The van der Waals surface area contributed by atoms with E-state index in [1.54, 1.807) is 0 Å². The average Bonchev–Trinajstić information content (AvgIpc) is 2.87.